The normalized spacial score (nSPS) is 11.7. The van der Waals surface area contributed by atoms with E-state index in [-0.39, 0.29) is 28.9 Å². The third-order valence-electron chi connectivity index (χ3n) is 4.36. The smallest absolute Gasteiger partial charge is 0.324 e. The molecule has 0 aliphatic heterocycles. The number of nitrogens with zero attached hydrogens (tertiary/aromatic N) is 3. The van der Waals surface area contributed by atoms with Crippen molar-refractivity contribution in [1.29, 1.82) is 0 Å². The Morgan fingerprint density at radius 3 is 2.68 bits per heavy atom. The summed E-state index contributed by atoms with van der Waals surface area (Å²) in [6.45, 7) is 0.201. The van der Waals surface area contributed by atoms with Crippen LogP contribution in [0.15, 0.2) is 47.5 Å². The molecular weight excluding hydrogens is 432 g/mol. The van der Waals surface area contributed by atoms with Crippen LogP contribution in [0.4, 0.5) is 8.78 Å². The summed E-state index contributed by atoms with van der Waals surface area (Å²) in [6, 6.07) is 6.99. The monoisotopic (exact) mass is 447 g/mol. The fourth-order valence-electron chi connectivity index (χ4n) is 2.95. The van der Waals surface area contributed by atoms with E-state index in [1.54, 1.807) is 6.07 Å². The molecule has 0 aliphatic rings. The van der Waals surface area contributed by atoms with Crippen molar-refractivity contribution in [3.05, 3.63) is 59.8 Å². The second kappa shape index (κ2) is 7.98. The predicted molar refractivity (Wildman–Crippen MR) is 106 cm³/mol. The van der Waals surface area contributed by atoms with Gasteiger partial charge >= 0.3 is 6.01 Å². The Balaban J connectivity index is 1.76. The summed E-state index contributed by atoms with van der Waals surface area (Å²) < 4.78 is 60.9. The number of nitrogens with one attached hydrogen (secondary N) is 1. The Morgan fingerprint density at radius 1 is 1.16 bits per heavy atom. The van der Waals surface area contributed by atoms with Crippen molar-refractivity contribution in [2.45, 2.75) is 11.5 Å². The van der Waals surface area contributed by atoms with Gasteiger partial charge in [0.1, 0.15) is 5.82 Å². The average Bonchev–Trinajstić information content (AvgIpc) is 3.13. The van der Waals surface area contributed by atoms with Crippen molar-refractivity contribution in [3.63, 3.8) is 0 Å². The predicted octanol–water partition coefficient (Wildman–Crippen LogP) is 2.88. The number of aromatic nitrogens is 4. The number of sulfonamides is 1. The van der Waals surface area contributed by atoms with Gasteiger partial charge in [0.05, 0.1) is 22.6 Å². The highest BCUT2D eigenvalue weighted by Gasteiger charge is 2.18. The fourth-order valence-corrected chi connectivity index (χ4v) is 3.49. The highest BCUT2D eigenvalue weighted by Crippen LogP contribution is 2.31. The Kier molecular flexibility index (Phi) is 5.35. The molecule has 2 heterocycles. The van der Waals surface area contributed by atoms with Crippen molar-refractivity contribution in [2.75, 3.05) is 7.11 Å². The molecule has 3 N–H and O–H groups in total. The molecule has 9 nitrogen and oxygen atoms in total. The number of nitrogens with two attached hydrogens (primary N) is 1. The Labute approximate surface area is 174 Å². The maximum atomic E-state index is 13.8. The van der Waals surface area contributed by atoms with Crippen molar-refractivity contribution >= 4 is 21.1 Å². The van der Waals surface area contributed by atoms with Gasteiger partial charge in [-0.3, -0.25) is 5.10 Å². The SMILES string of the molecule is COCc1ccc(S(N)(=O)=O)cc1-c1[nH]nc2nc(Oc3ccc(F)cc3F)ncc12. The molecule has 0 spiro atoms. The van der Waals surface area contributed by atoms with Crippen molar-refractivity contribution in [2.24, 2.45) is 5.14 Å². The van der Waals surface area contributed by atoms with E-state index >= 15 is 0 Å². The van der Waals surface area contributed by atoms with E-state index in [9.17, 15) is 17.2 Å². The highest BCUT2D eigenvalue weighted by molar-refractivity contribution is 7.89. The van der Waals surface area contributed by atoms with Crippen LogP contribution < -0.4 is 9.88 Å². The van der Waals surface area contributed by atoms with Gasteiger partial charge in [-0.05, 0) is 29.8 Å². The standard InChI is InChI=1S/C19H15F2N5O4S/c1-29-9-10-2-4-12(31(22,27)28)7-13(10)17-14-8-23-19(24-18(14)26-25-17)30-16-5-3-11(20)6-15(16)21/h2-8H,9H2,1H3,(H2,22,27,28)(H,23,24,25,26). The van der Waals surface area contributed by atoms with Gasteiger partial charge in [0.2, 0.25) is 10.0 Å². The maximum absolute atomic E-state index is 13.8. The van der Waals surface area contributed by atoms with Gasteiger partial charge in [0.25, 0.3) is 0 Å². The zero-order valence-electron chi connectivity index (χ0n) is 16.0. The number of fused-ring (bicyclic) bond motifs is 1. The number of methoxy groups -OCH3 is 1. The van der Waals surface area contributed by atoms with Gasteiger partial charge in [-0.25, -0.2) is 27.3 Å². The number of benzene rings is 2. The number of primary sulfonamides is 1. The van der Waals surface area contributed by atoms with Crippen LogP contribution in [0.25, 0.3) is 22.3 Å². The quantitative estimate of drug-likeness (QED) is 0.464. The summed E-state index contributed by atoms with van der Waals surface area (Å²) in [6.07, 6.45) is 1.39. The Morgan fingerprint density at radius 2 is 1.97 bits per heavy atom. The van der Waals surface area contributed by atoms with Crippen LogP contribution in [0.5, 0.6) is 11.8 Å². The molecule has 160 valence electrons. The summed E-state index contributed by atoms with van der Waals surface area (Å²) >= 11 is 0. The van der Waals surface area contributed by atoms with E-state index in [1.165, 1.54) is 25.4 Å². The molecule has 2 aromatic heterocycles. The number of H-pyrrole nitrogens is 1. The van der Waals surface area contributed by atoms with E-state index in [2.05, 4.69) is 20.2 Å². The van der Waals surface area contributed by atoms with E-state index in [0.717, 1.165) is 12.1 Å². The summed E-state index contributed by atoms with van der Waals surface area (Å²) in [5.41, 5.74) is 1.78. The molecule has 0 saturated heterocycles. The molecule has 0 amide bonds. The second-order valence-electron chi connectivity index (χ2n) is 6.46. The third-order valence-corrected chi connectivity index (χ3v) is 5.27. The van der Waals surface area contributed by atoms with E-state index in [1.807, 2.05) is 0 Å². The molecule has 0 aliphatic carbocycles. The average molecular weight is 447 g/mol. The van der Waals surface area contributed by atoms with E-state index in [4.69, 9.17) is 14.6 Å². The lowest BCUT2D eigenvalue weighted by molar-refractivity contribution is 0.185. The molecule has 12 heteroatoms. The number of hydrogen-bond donors (Lipinski definition) is 2. The molecule has 0 saturated carbocycles. The van der Waals surface area contributed by atoms with Crippen LogP contribution in [0.2, 0.25) is 0 Å². The van der Waals surface area contributed by atoms with Gasteiger partial charge in [-0.1, -0.05) is 6.07 Å². The molecule has 0 bridgehead atoms. The second-order valence-corrected chi connectivity index (χ2v) is 8.02. The number of halogens is 2. The summed E-state index contributed by atoms with van der Waals surface area (Å²) in [5.74, 6) is -1.90. The number of ether oxygens (including phenoxy) is 2. The van der Waals surface area contributed by atoms with E-state index < -0.39 is 21.7 Å². The van der Waals surface area contributed by atoms with E-state index in [0.29, 0.717) is 28.3 Å². The minimum atomic E-state index is -3.94. The van der Waals surface area contributed by atoms with Crippen LogP contribution >= 0.6 is 0 Å². The first-order valence-corrected chi connectivity index (χ1v) is 10.3. The molecular formula is C19H15F2N5O4S. The van der Waals surface area contributed by atoms with Crippen LogP contribution in [0.1, 0.15) is 5.56 Å². The lowest BCUT2D eigenvalue weighted by Crippen LogP contribution is -2.12. The minimum absolute atomic E-state index is 0.0854. The largest absolute Gasteiger partial charge is 0.421 e. The van der Waals surface area contributed by atoms with Gasteiger partial charge in [-0.2, -0.15) is 10.1 Å². The first-order valence-electron chi connectivity index (χ1n) is 8.75. The van der Waals surface area contributed by atoms with Crippen LogP contribution in [0.3, 0.4) is 0 Å². The van der Waals surface area contributed by atoms with Gasteiger partial charge in [0, 0.05) is 24.9 Å². The fraction of sp³-hybridized carbons (Fsp3) is 0.105. The highest BCUT2D eigenvalue weighted by atomic mass is 32.2. The Hall–Kier alpha value is -3.48. The third kappa shape index (κ3) is 4.21. The van der Waals surface area contributed by atoms with Gasteiger partial charge in [-0.15, -0.1) is 0 Å². The lowest BCUT2D eigenvalue weighted by atomic mass is 10.0. The lowest BCUT2D eigenvalue weighted by Gasteiger charge is -2.10. The summed E-state index contributed by atoms with van der Waals surface area (Å²) in [7, 11) is -2.43. The molecule has 2 aromatic carbocycles. The van der Waals surface area contributed by atoms with Crippen molar-refractivity contribution < 1.29 is 26.7 Å². The van der Waals surface area contributed by atoms with Gasteiger partial charge in [0.15, 0.2) is 17.2 Å². The van der Waals surface area contributed by atoms with Gasteiger partial charge < -0.3 is 9.47 Å². The summed E-state index contributed by atoms with van der Waals surface area (Å²) in [4.78, 5) is 8.07. The zero-order valence-corrected chi connectivity index (χ0v) is 16.8. The molecule has 0 fully saturated rings. The Bertz CT molecular complexity index is 1390. The summed E-state index contributed by atoms with van der Waals surface area (Å²) in [5, 5.41) is 12.6. The number of aromatic amines is 1. The van der Waals surface area contributed by atoms with Crippen LogP contribution in [-0.2, 0) is 21.4 Å². The molecule has 0 radical (unpaired) electrons. The molecule has 0 unspecified atom stereocenters. The number of rotatable bonds is 6. The van der Waals surface area contributed by atoms with Crippen molar-refractivity contribution in [3.8, 4) is 23.0 Å². The van der Waals surface area contributed by atoms with Crippen molar-refractivity contribution in [1.82, 2.24) is 20.2 Å². The molecule has 4 rings (SSSR count). The van der Waals surface area contributed by atoms with Crippen LogP contribution in [-0.4, -0.2) is 35.7 Å². The molecule has 0 atom stereocenters. The first kappa shape index (κ1) is 20.8. The topological polar surface area (TPSA) is 133 Å². The number of hydrogen-bond acceptors (Lipinski definition) is 7. The maximum Gasteiger partial charge on any atom is 0.324 e. The molecule has 4 aromatic rings. The zero-order chi connectivity index (χ0) is 22.2. The molecule has 31 heavy (non-hydrogen) atoms. The first-order chi connectivity index (χ1) is 14.8. The minimum Gasteiger partial charge on any atom is -0.421 e. The van der Waals surface area contributed by atoms with Crippen LogP contribution in [0, 0.1) is 11.6 Å².